The molecule has 2 atom stereocenters. The summed E-state index contributed by atoms with van der Waals surface area (Å²) in [4.78, 5) is 42.2. The van der Waals surface area contributed by atoms with Crippen molar-refractivity contribution in [3.05, 3.63) is 59.9 Å². The number of carbonyl (C=O) groups is 3. The number of hydrogen-bond donors (Lipinski definition) is 1. The largest absolute Gasteiger partial charge is 0.364 e. The van der Waals surface area contributed by atoms with Crippen molar-refractivity contribution in [2.75, 3.05) is 16.3 Å². The van der Waals surface area contributed by atoms with E-state index >= 15 is 0 Å². The van der Waals surface area contributed by atoms with Gasteiger partial charge in [0, 0.05) is 6.54 Å². The monoisotopic (exact) mass is 379 g/mol. The maximum absolute atomic E-state index is 14.6. The topological polar surface area (TPSA) is 69.7 Å². The summed E-state index contributed by atoms with van der Waals surface area (Å²) in [6.07, 6.45) is 1.41. The van der Waals surface area contributed by atoms with Crippen molar-refractivity contribution in [1.82, 2.24) is 5.32 Å². The second-order valence-electron chi connectivity index (χ2n) is 7.48. The van der Waals surface area contributed by atoms with Gasteiger partial charge in [-0.05, 0) is 43.0 Å². The number of nitrogens with zero attached hydrogens (tertiary/aromatic N) is 2. The Morgan fingerprint density at radius 1 is 1.04 bits per heavy atom. The van der Waals surface area contributed by atoms with Crippen LogP contribution < -0.4 is 15.1 Å². The molecule has 0 aliphatic carbocycles. The first-order valence-electron chi connectivity index (χ1n) is 9.33. The third-order valence-corrected chi connectivity index (χ3v) is 6.08. The fourth-order valence-corrected chi connectivity index (χ4v) is 4.90. The number of imide groups is 2. The zero-order valence-corrected chi connectivity index (χ0v) is 15.0. The number of rotatable bonds is 1. The number of amides is 4. The van der Waals surface area contributed by atoms with Crippen LogP contribution in [-0.2, 0) is 16.0 Å². The number of urea groups is 1. The van der Waals surface area contributed by atoms with E-state index in [-0.39, 0.29) is 12.2 Å². The van der Waals surface area contributed by atoms with E-state index in [0.717, 1.165) is 11.3 Å². The zero-order chi connectivity index (χ0) is 19.5. The van der Waals surface area contributed by atoms with Crippen molar-refractivity contribution >= 4 is 29.2 Å². The van der Waals surface area contributed by atoms with Crippen LogP contribution >= 0.6 is 0 Å². The van der Waals surface area contributed by atoms with E-state index in [1.54, 1.807) is 42.5 Å². The molecule has 3 aliphatic rings. The molecule has 2 saturated heterocycles. The Labute approximate surface area is 160 Å². The molecule has 3 heterocycles. The van der Waals surface area contributed by atoms with Gasteiger partial charge in [-0.1, -0.05) is 30.3 Å². The quantitative estimate of drug-likeness (QED) is 0.774. The second-order valence-corrected chi connectivity index (χ2v) is 7.48. The van der Waals surface area contributed by atoms with E-state index in [4.69, 9.17) is 0 Å². The number of halogens is 1. The summed E-state index contributed by atoms with van der Waals surface area (Å²) in [5.41, 5.74) is 0.0379. The Balaban J connectivity index is 1.68. The van der Waals surface area contributed by atoms with Crippen molar-refractivity contribution in [3.8, 4) is 0 Å². The van der Waals surface area contributed by atoms with Crippen LogP contribution in [-0.4, -0.2) is 30.4 Å². The maximum atomic E-state index is 14.6. The van der Waals surface area contributed by atoms with E-state index in [0.29, 0.717) is 29.9 Å². The first kappa shape index (κ1) is 16.9. The molecule has 4 amide bonds. The highest BCUT2D eigenvalue weighted by Crippen LogP contribution is 2.49. The van der Waals surface area contributed by atoms with Crippen LogP contribution in [0.2, 0.25) is 0 Å². The van der Waals surface area contributed by atoms with E-state index in [1.807, 2.05) is 4.90 Å². The van der Waals surface area contributed by atoms with Gasteiger partial charge in [-0.3, -0.25) is 14.9 Å². The number of benzene rings is 2. The van der Waals surface area contributed by atoms with Gasteiger partial charge in [0.25, 0.3) is 5.91 Å². The molecule has 0 radical (unpaired) electrons. The Morgan fingerprint density at radius 2 is 1.82 bits per heavy atom. The number of anilines is 2. The van der Waals surface area contributed by atoms with Crippen molar-refractivity contribution in [2.45, 2.75) is 25.3 Å². The summed E-state index contributed by atoms with van der Waals surface area (Å²) in [7, 11) is 0. The third kappa shape index (κ3) is 2.10. The molecule has 1 N–H and O–H groups in total. The number of hydrogen-bond acceptors (Lipinski definition) is 4. The van der Waals surface area contributed by atoms with Gasteiger partial charge in [0.05, 0.1) is 17.4 Å². The van der Waals surface area contributed by atoms with Crippen molar-refractivity contribution < 1.29 is 18.8 Å². The van der Waals surface area contributed by atoms with Gasteiger partial charge >= 0.3 is 6.03 Å². The van der Waals surface area contributed by atoms with Crippen molar-refractivity contribution in [2.24, 2.45) is 5.41 Å². The lowest BCUT2D eigenvalue weighted by atomic mass is 9.68. The van der Waals surface area contributed by atoms with Gasteiger partial charge in [-0.25, -0.2) is 14.1 Å². The lowest BCUT2D eigenvalue weighted by Gasteiger charge is -2.49. The Morgan fingerprint density at radius 3 is 2.61 bits per heavy atom. The summed E-state index contributed by atoms with van der Waals surface area (Å²) in [5, 5.41) is 2.38. The summed E-state index contributed by atoms with van der Waals surface area (Å²) in [6.45, 7) is 0.570. The second kappa shape index (κ2) is 5.89. The van der Waals surface area contributed by atoms with Gasteiger partial charge in [0.15, 0.2) is 5.41 Å². The summed E-state index contributed by atoms with van der Waals surface area (Å²) >= 11 is 0. The van der Waals surface area contributed by atoms with Crippen LogP contribution in [0.1, 0.15) is 18.4 Å². The van der Waals surface area contributed by atoms with Crippen LogP contribution in [0.25, 0.3) is 0 Å². The van der Waals surface area contributed by atoms with Crippen LogP contribution in [0.4, 0.5) is 20.6 Å². The van der Waals surface area contributed by atoms with Crippen LogP contribution in [0.15, 0.2) is 48.5 Å². The Bertz CT molecular complexity index is 1010. The standard InChI is InChI=1S/C21H18FN3O3/c22-15-9-4-6-13-12-21(16-10-5-11-24(16)17(13)15)18(26)23-20(28)25(19(21)27)14-7-2-1-3-8-14/h1-4,6-9,16H,5,10-12H2,(H,23,26,28)/t16-,21+/m1/s1. The van der Waals surface area contributed by atoms with E-state index in [2.05, 4.69) is 5.32 Å². The van der Waals surface area contributed by atoms with Crippen molar-refractivity contribution in [1.29, 1.82) is 0 Å². The van der Waals surface area contributed by atoms with Crippen LogP contribution in [0.5, 0.6) is 0 Å². The third-order valence-electron chi connectivity index (χ3n) is 6.08. The highest BCUT2D eigenvalue weighted by Gasteiger charge is 2.63. The first-order chi connectivity index (χ1) is 13.5. The number of nitrogens with one attached hydrogen (secondary N) is 1. The lowest BCUT2D eigenvalue weighted by Crippen LogP contribution is -2.71. The molecule has 0 bridgehead atoms. The SMILES string of the molecule is O=C1NC(=O)[C@@]2(Cc3cccc(F)c3N3CCC[C@@H]32)C(=O)N1c1ccccc1. The molecule has 2 fully saturated rings. The van der Waals surface area contributed by atoms with Crippen molar-refractivity contribution in [3.63, 3.8) is 0 Å². The predicted molar refractivity (Wildman–Crippen MR) is 100 cm³/mol. The van der Waals surface area contributed by atoms with Gasteiger partial charge in [-0.2, -0.15) is 0 Å². The molecule has 142 valence electrons. The molecule has 6 nitrogen and oxygen atoms in total. The van der Waals surface area contributed by atoms with Gasteiger partial charge in [0.2, 0.25) is 5.91 Å². The fourth-order valence-electron chi connectivity index (χ4n) is 4.90. The molecule has 28 heavy (non-hydrogen) atoms. The molecular weight excluding hydrogens is 361 g/mol. The average molecular weight is 379 g/mol. The highest BCUT2D eigenvalue weighted by atomic mass is 19.1. The fraction of sp³-hybridized carbons (Fsp3) is 0.286. The van der Waals surface area contributed by atoms with Gasteiger partial charge in [0.1, 0.15) is 5.82 Å². The zero-order valence-electron chi connectivity index (χ0n) is 15.0. The molecule has 0 saturated carbocycles. The van der Waals surface area contributed by atoms with Crippen LogP contribution in [0, 0.1) is 11.2 Å². The highest BCUT2D eigenvalue weighted by molar-refractivity contribution is 6.30. The molecule has 0 unspecified atom stereocenters. The summed E-state index contributed by atoms with van der Waals surface area (Å²) in [5.74, 6) is -1.49. The summed E-state index contributed by atoms with van der Waals surface area (Å²) < 4.78 is 14.6. The lowest BCUT2D eigenvalue weighted by molar-refractivity contribution is -0.144. The molecule has 7 heteroatoms. The van der Waals surface area contributed by atoms with Gasteiger partial charge < -0.3 is 4.90 Å². The Hall–Kier alpha value is -3.22. The minimum atomic E-state index is -1.46. The average Bonchev–Trinajstić information content (AvgIpc) is 3.17. The number of fused-ring (bicyclic) bond motifs is 4. The van der Waals surface area contributed by atoms with Crippen LogP contribution in [0.3, 0.4) is 0 Å². The molecular formula is C21H18FN3O3. The van der Waals surface area contributed by atoms with E-state index in [9.17, 15) is 18.8 Å². The minimum Gasteiger partial charge on any atom is -0.364 e. The van der Waals surface area contributed by atoms with Gasteiger partial charge in [-0.15, -0.1) is 0 Å². The summed E-state index contributed by atoms with van der Waals surface area (Å²) in [6, 6.07) is 12.1. The molecule has 3 aliphatic heterocycles. The predicted octanol–water partition coefficient (Wildman–Crippen LogP) is 2.62. The smallest absolute Gasteiger partial charge is 0.335 e. The molecule has 2 aromatic carbocycles. The van der Waals surface area contributed by atoms with E-state index in [1.165, 1.54) is 6.07 Å². The Kier molecular flexibility index (Phi) is 3.56. The normalized spacial score (nSPS) is 26.3. The molecule has 1 spiro atoms. The number of para-hydroxylation sites is 2. The molecule has 5 rings (SSSR count). The molecule has 2 aromatic rings. The number of carbonyl (C=O) groups excluding carboxylic acids is 3. The molecule has 0 aromatic heterocycles. The first-order valence-corrected chi connectivity index (χ1v) is 9.33. The maximum Gasteiger partial charge on any atom is 0.335 e. The minimum absolute atomic E-state index is 0.0720. The number of barbiturate groups is 1. The van der Waals surface area contributed by atoms with E-state index < -0.39 is 29.3 Å².